The van der Waals surface area contributed by atoms with Gasteiger partial charge in [-0.05, 0) is 25.0 Å². The molecular formula is C17H20N2O5. The summed E-state index contributed by atoms with van der Waals surface area (Å²) in [5.41, 5.74) is 0.636. The lowest BCUT2D eigenvalue weighted by Crippen LogP contribution is -2.42. The van der Waals surface area contributed by atoms with E-state index < -0.39 is 11.9 Å². The Hall–Kier alpha value is -2.57. The highest BCUT2D eigenvalue weighted by Crippen LogP contribution is 2.35. The van der Waals surface area contributed by atoms with Crippen LogP contribution in [0.4, 0.5) is 5.69 Å². The van der Waals surface area contributed by atoms with Crippen LogP contribution in [0.5, 0.6) is 5.75 Å². The van der Waals surface area contributed by atoms with Crippen molar-refractivity contribution in [3.8, 4) is 5.75 Å². The van der Waals surface area contributed by atoms with Crippen LogP contribution in [0.2, 0.25) is 0 Å². The van der Waals surface area contributed by atoms with Gasteiger partial charge in [-0.25, -0.2) is 0 Å². The van der Waals surface area contributed by atoms with Crippen molar-refractivity contribution in [2.24, 2.45) is 5.92 Å². The number of carboxylic acids is 1. The summed E-state index contributed by atoms with van der Waals surface area (Å²) >= 11 is 0. The van der Waals surface area contributed by atoms with Crippen LogP contribution in [-0.2, 0) is 14.4 Å². The summed E-state index contributed by atoms with van der Waals surface area (Å²) in [6.07, 6.45) is 1.76. The second kappa shape index (κ2) is 6.51. The zero-order valence-electron chi connectivity index (χ0n) is 13.5. The number of hydrogen-bond acceptors (Lipinski definition) is 4. The maximum Gasteiger partial charge on any atom is 0.323 e. The number of anilines is 1. The zero-order valence-corrected chi connectivity index (χ0v) is 13.5. The van der Waals surface area contributed by atoms with Gasteiger partial charge in [0.25, 0.3) is 0 Å². The summed E-state index contributed by atoms with van der Waals surface area (Å²) < 4.78 is 5.28. The maximum atomic E-state index is 12.7. The Balaban J connectivity index is 1.76. The van der Waals surface area contributed by atoms with Crippen LogP contribution in [0.1, 0.15) is 19.3 Å². The first-order valence-corrected chi connectivity index (χ1v) is 7.97. The molecule has 1 atom stereocenters. The fourth-order valence-electron chi connectivity index (χ4n) is 3.11. The Morgan fingerprint density at radius 3 is 2.67 bits per heavy atom. The SMILES string of the molecule is COc1ccccc1N1CC(C(=O)N(CC(=O)O)C2CC2)CC1=O. The van der Waals surface area contributed by atoms with Crippen LogP contribution in [-0.4, -0.2) is 54.0 Å². The van der Waals surface area contributed by atoms with Crippen molar-refractivity contribution >= 4 is 23.5 Å². The average molecular weight is 332 g/mol. The molecule has 1 N–H and O–H groups in total. The largest absolute Gasteiger partial charge is 0.495 e. The Morgan fingerprint density at radius 2 is 2.04 bits per heavy atom. The lowest BCUT2D eigenvalue weighted by molar-refractivity contribution is -0.146. The number of nitrogens with zero attached hydrogens (tertiary/aromatic N) is 2. The van der Waals surface area contributed by atoms with Crippen LogP contribution in [0.15, 0.2) is 24.3 Å². The third-order valence-electron chi connectivity index (χ3n) is 4.43. The number of hydrogen-bond donors (Lipinski definition) is 1. The topological polar surface area (TPSA) is 87.2 Å². The fraction of sp³-hybridized carbons (Fsp3) is 0.471. The summed E-state index contributed by atoms with van der Waals surface area (Å²) in [5.74, 6) is -1.36. The van der Waals surface area contributed by atoms with Crippen LogP contribution >= 0.6 is 0 Å². The van der Waals surface area contributed by atoms with Crippen LogP contribution in [0, 0.1) is 5.92 Å². The van der Waals surface area contributed by atoms with Crippen molar-refractivity contribution in [2.45, 2.75) is 25.3 Å². The highest BCUT2D eigenvalue weighted by molar-refractivity contribution is 6.01. The maximum absolute atomic E-state index is 12.7. The second-order valence-electron chi connectivity index (χ2n) is 6.17. The summed E-state index contributed by atoms with van der Waals surface area (Å²) in [7, 11) is 1.53. The van der Waals surface area contributed by atoms with Crippen molar-refractivity contribution in [2.75, 3.05) is 25.1 Å². The van der Waals surface area contributed by atoms with E-state index in [2.05, 4.69) is 0 Å². The first-order valence-electron chi connectivity index (χ1n) is 7.97. The van der Waals surface area contributed by atoms with Crippen molar-refractivity contribution in [1.29, 1.82) is 0 Å². The first kappa shape index (κ1) is 16.3. The Morgan fingerprint density at radius 1 is 1.33 bits per heavy atom. The third-order valence-corrected chi connectivity index (χ3v) is 4.43. The van der Waals surface area contributed by atoms with E-state index in [9.17, 15) is 14.4 Å². The molecule has 2 aliphatic rings. The number of amides is 2. The summed E-state index contributed by atoms with van der Waals surface area (Å²) in [5, 5.41) is 9.01. The Labute approximate surface area is 139 Å². The molecule has 2 amide bonds. The average Bonchev–Trinajstić information content (AvgIpc) is 3.34. The predicted octanol–water partition coefficient (Wildman–Crippen LogP) is 1.12. The Kier molecular flexibility index (Phi) is 4.42. The number of carbonyl (C=O) groups is 3. The molecule has 0 radical (unpaired) electrons. The number of ether oxygens (including phenoxy) is 1. The quantitative estimate of drug-likeness (QED) is 0.843. The monoisotopic (exact) mass is 332 g/mol. The van der Waals surface area contributed by atoms with E-state index >= 15 is 0 Å². The molecule has 1 heterocycles. The van der Waals surface area contributed by atoms with Crippen molar-refractivity contribution in [1.82, 2.24) is 4.90 Å². The zero-order chi connectivity index (χ0) is 17.3. The molecule has 7 heteroatoms. The molecular weight excluding hydrogens is 312 g/mol. The molecule has 1 saturated carbocycles. The van der Waals surface area contributed by atoms with Gasteiger partial charge in [-0.2, -0.15) is 0 Å². The highest BCUT2D eigenvalue weighted by atomic mass is 16.5. The molecule has 0 aromatic heterocycles. The van der Waals surface area contributed by atoms with E-state index in [4.69, 9.17) is 9.84 Å². The van der Waals surface area contributed by atoms with E-state index in [1.54, 1.807) is 23.1 Å². The molecule has 2 fully saturated rings. The van der Waals surface area contributed by atoms with Crippen LogP contribution in [0.3, 0.4) is 0 Å². The van der Waals surface area contributed by atoms with Crippen molar-refractivity contribution in [3.05, 3.63) is 24.3 Å². The molecule has 3 rings (SSSR count). The molecule has 1 aromatic carbocycles. The van der Waals surface area contributed by atoms with Crippen LogP contribution in [0.25, 0.3) is 0 Å². The summed E-state index contributed by atoms with van der Waals surface area (Å²) in [6.45, 7) is -0.0519. The fourth-order valence-corrected chi connectivity index (χ4v) is 3.11. The molecule has 0 spiro atoms. The van der Waals surface area contributed by atoms with Crippen LogP contribution < -0.4 is 9.64 Å². The van der Waals surface area contributed by atoms with Gasteiger partial charge >= 0.3 is 5.97 Å². The van der Waals surface area contributed by atoms with Gasteiger partial charge in [0.05, 0.1) is 18.7 Å². The van der Waals surface area contributed by atoms with E-state index in [1.165, 1.54) is 12.0 Å². The number of methoxy groups -OCH3 is 1. The molecule has 0 bridgehead atoms. The number of carboxylic acid groups (broad SMARTS) is 1. The van der Waals surface area contributed by atoms with Gasteiger partial charge in [0.2, 0.25) is 11.8 Å². The van der Waals surface area contributed by atoms with Gasteiger partial charge in [-0.3, -0.25) is 14.4 Å². The smallest absolute Gasteiger partial charge is 0.323 e. The molecule has 1 aliphatic heterocycles. The predicted molar refractivity (Wildman–Crippen MR) is 85.8 cm³/mol. The van der Waals surface area contributed by atoms with Gasteiger partial charge in [-0.15, -0.1) is 0 Å². The number of carbonyl (C=O) groups excluding carboxylic acids is 2. The van der Waals surface area contributed by atoms with Gasteiger partial charge in [0, 0.05) is 19.0 Å². The third kappa shape index (κ3) is 3.20. The van der Waals surface area contributed by atoms with Gasteiger partial charge in [0.15, 0.2) is 0 Å². The van der Waals surface area contributed by atoms with E-state index in [0.29, 0.717) is 11.4 Å². The summed E-state index contributed by atoms with van der Waals surface area (Å²) in [4.78, 5) is 39.0. The van der Waals surface area contributed by atoms with Gasteiger partial charge < -0.3 is 19.6 Å². The molecule has 7 nitrogen and oxygen atoms in total. The standard InChI is InChI=1S/C17H20N2O5/c1-24-14-5-3-2-4-13(14)19-9-11(8-15(19)20)17(23)18(10-16(21)22)12-6-7-12/h2-5,11-12H,6-10H2,1H3,(H,21,22). The minimum Gasteiger partial charge on any atom is -0.495 e. The second-order valence-corrected chi connectivity index (χ2v) is 6.17. The van der Waals surface area contributed by atoms with Gasteiger partial charge in [-0.1, -0.05) is 12.1 Å². The van der Waals surface area contributed by atoms with Crippen molar-refractivity contribution in [3.63, 3.8) is 0 Å². The minimum atomic E-state index is -1.03. The highest BCUT2D eigenvalue weighted by Gasteiger charge is 2.42. The lowest BCUT2D eigenvalue weighted by atomic mass is 10.1. The number of aliphatic carboxylic acids is 1. The van der Waals surface area contributed by atoms with Gasteiger partial charge in [0.1, 0.15) is 12.3 Å². The molecule has 1 aromatic rings. The molecule has 1 aliphatic carbocycles. The number of rotatable bonds is 6. The summed E-state index contributed by atoms with van der Waals surface area (Å²) in [6, 6.07) is 7.16. The minimum absolute atomic E-state index is 0.00372. The molecule has 128 valence electrons. The molecule has 1 unspecified atom stereocenters. The number of para-hydroxylation sites is 2. The Bertz CT molecular complexity index is 671. The number of benzene rings is 1. The first-order chi connectivity index (χ1) is 11.5. The lowest BCUT2D eigenvalue weighted by Gasteiger charge is -2.24. The van der Waals surface area contributed by atoms with E-state index in [1.807, 2.05) is 6.07 Å². The van der Waals surface area contributed by atoms with E-state index in [0.717, 1.165) is 12.8 Å². The van der Waals surface area contributed by atoms with Crippen molar-refractivity contribution < 1.29 is 24.2 Å². The molecule has 1 saturated heterocycles. The molecule has 24 heavy (non-hydrogen) atoms. The normalized spacial score (nSPS) is 20.1. The van der Waals surface area contributed by atoms with E-state index in [-0.39, 0.29) is 37.4 Å².